The van der Waals surface area contributed by atoms with Gasteiger partial charge < -0.3 is 10.6 Å². The summed E-state index contributed by atoms with van der Waals surface area (Å²) in [7, 11) is 0. The van der Waals surface area contributed by atoms with E-state index in [9.17, 15) is 22.8 Å². The number of primary amides is 1. The summed E-state index contributed by atoms with van der Waals surface area (Å²) in [5.41, 5.74) is 4.80. The van der Waals surface area contributed by atoms with Gasteiger partial charge in [0, 0.05) is 28.9 Å². The molecule has 9 heteroatoms. The number of carbonyl (C=O) groups is 2. The highest BCUT2D eigenvalue weighted by atomic mass is 32.1. The molecule has 3 rings (SSSR count). The van der Waals surface area contributed by atoms with Crippen LogP contribution in [0.5, 0.6) is 0 Å². The van der Waals surface area contributed by atoms with Gasteiger partial charge in [-0.2, -0.15) is 13.2 Å². The Bertz CT molecular complexity index is 952. The quantitative estimate of drug-likeness (QED) is 0.776. The second kappa shape index (κ2) is 8.60. The fourth-order valence-electron chi connectivity index (χ4n) is 2.92. The normalized spacial score (nSPS) is 16.4. The van der Waals surface area contributed by atoms with Crippen molar-refractivity contribution in [3.63, 3.8) is 0 Å². The van der Waals surface area contributed by atoms with E-state index in [2.05, 4.69) is 4.99 Å². The molecule has 0 bridgehead atoms. The maximum Gasteiger partial charge on any atom is 0.416 e. The van der Waals surface area contributed by atoms with E-state index in [0.29, 0.717) is 6.42 Å². The van der Waals surface area contributed by atoms with Crippen LogP contribution in [0.3, 0.4) is 0 Å². The maximum atomic E-state index is 13.2. The molecule has 0 radical (unpaired) electrons. The molecule has 0 fully saturated rings. The number of dihydropyridines is 1. The highest BCUT2D eigenvalue weighted by molar-refractivity contribution is 7.09. The van der Waals surface area contributed by atoms with Crippen LogP contribution in [0.1, 0.15) is 10.4 Å². The van der Waals surface area contributed by atoms with Gasteiger partial charge >= 0.3 is 6.18 Å². The number of alkyl halides is 3. The van der Waals surface area contributed by atoms with Crippen LogP contribution in [0.25, 0.3) is 0 Å². The molecule has 0 aliphatic carbocycles. The number of anilines is 1. The molecule has 2 heterocycles. The number of amides is 2. The van der Waals surface area contributed by atoms with E-state index in [1.54, 1.807) is 0 Å². The average Bonchev–Trinajstić information content (AvgIpc) is 3.21. The van der Waals surface area contributed by atoms with E-state index in [1.165, 1.54) is 40.7 Å². The Morgan fingerprint density at radius 1 is 1.24 bits per heavy atom. The molecule has 1 unspecified atom stereocenters. The number of rotatable bonds is 6. The number of carbonyl (C=O) groups excluding carboxylic acids is 2. The summed E-state index contributed by atoms with van der Waals surface area (Å²) in [4.78, 5) is 30.9. The second-order valence-electron chi connectivity index (χ2n) is 6.44. The molecule has 152 valence electrons. The van der Waals surface area contributed by atoms with E-state index < -0.39 is 29.5 Å². The summed E-state index contributed by atoms with van der Waals surface area (Å²) >= 11 is 1.50. The molecule has 0 saturated heterocycles. The number of benzene rings is 1. The Morgan fingerprint density at radius 3 is 2.69 bits per heavy atom. The number of hydrogen-bond acceptors (Lipinski definition) is 4. The molecule has 1 aliphatic rings. The Labute approximate surface area is 169 Å². The number of aliphatic imine (C=N–C) groups is 1. The maximum absolute atomic E-state index is 13.2. The summed E-state index contributed by atoms with van der Waals surface area (Å²) in [6.07, 6.45) is -1.26. The lowest BCUT2D eigenvalue weighted by Crippen LogP contribution is -2.36. The molecule has 2 amide bonds. The first-order chi connectivity index (χ1) is 13.8. The summed E-state index contributed by atoms with van der Waals surface area (Å²) < 4.78 is 39.5. The monoisotopic (exact) mass is 421 g/mol. The largest absolute Gasteiger partial charge is 0.416 e. The minimum absolute atomic E-state index is 0.0388. The SMILES string of the molecule is NC(=O)C1C=NCC(C(=O)N(CCc2cccs2)c2cccc(C(F)(F)F)c2)=C1. The van der Waals surface area contributed by atoms with Crippen molar-refractivity contribution in [2.24, 2.45) is 16.6 Å². The van der Waals surface area contributed by atoms with Gasteiger partial charge in [0.1, 0.15) is 0 Å². The van der Waals surface area contributed by atoms with Gasteiger partial charge in [-0.3, -0.25) is 14.6 Å². The van der Waals surface area contributed by atoms with Crippen LogP contribution in [-0.4, -0.2) is 31.1 Å². The van der Waals surface area contributed by atoms with E-state index >= 15 is 0 Å². The first kappa shape index (κ1) is 20.8. The molecule has 29 heavy (non-hydrogen) atoms. The van der Waals surface area contributed by atoms with Gasteiger partial charge in [-0.15, -0.1) is 11.3 Å². The Hall–Kier alpha value is -2.94. The third-order valence-electron chi connectivity index (χ3n) is 4.40. The topological polar surface area (TPSA) is 75.8 Å². The first-order valence-corrected chi connectivity index (χ1v) is 9.65. The molecule has 5 nitrogen and oxygen atoms in total. The summed E-state index contributed by atoms with van der Waals surface area (Å²) in [6, 6.07) is 8.39. The smallest absolute Gasteiger partial charge is 0.369 e. The third-order valence-corrected chi connectivity index (χ3v) is 5.34. The third kappa shape index (κ3) is 5.11. The fraction of sp³-hybridized carbons (Fsp3) is 0.250. The van der Waals surface area contributed by atoms with E-state index in [4.69, 9.17) is 5.73 Å². The van der Waals surface area contributed by atoms with E-state index in [0.717, 1.165) is 17.0 Å². The lowest BCUT2D eigenvalue weighted by atomic mass is 10.0. The van der Waals surface area contributed by atoms with Crippen molar-refractivity contribution in [2.45, 2.75) is 12.6 Å². The Balaban J connectivity index is 1.93. The molecule has 2 N–H and O–H groups in total. The van der Waals surface area contributed by atoms with E-state index in [-0.39, 0.29) is 24.4 Å². The molecule has 1 aromatic carbocycles. The molecule has 0 saturated carbocycles. The zero-order chi connectivity index (χ0) is 21.0. The Morgan fingerprint density at radius 2 is 2.03 bits per heavy atom. The number of halogens is 3. The van der Waals surface area contributed by atoms with Crippen molar-refractivity contribution in [3.8, 4) is 0 Å². The molecule has 0 spiro atoms. The van der Waals surface area contributed by atoms with Crippen LogP contribution in [0.15, 0.2) is 58.4 Å². The lowest BCUT2D eigenvalue weighted by molar-refractivity contribution is -0.137. The van der Waals surface area contributed by atoms with E-state index in [1.807, 2.05) is 17.5 Å². The molecule has 1 aliphatic heterocycles. The minimum Gasteiger partial charge on any atom is -0.369 e. The van der Waals surface area contributed by atoms with Crippen LogP contribution >= 0.6 is 11.3 Å². The van der Waals surface area contributed by atoms with Gasteiger partial charge in [0.15, 0.2) is 0 Å². The minimum atomic E-state index is -4.52. The first-order valence-electron chi connectivity index (χ1n) is 8.77. The molecule has 1 atom stereocenters. The van der Waals surface area contributed by atoms with Crippen molar-refractivity contribution in [2.75, 3.05) is 18.0 Å². The molecule has 1 aromatic heterocycles. The summed E-state index contributed by atoms with van der Waals surface area (Å²) in [6.45, 7) is 0.222. The van der Waals surface area contributed by atoms with Crippen LogP contribution in [0.4, 0.5) is 18.9 Å². The number of thiophene rings is 1. The highest BCUT2D eigenvalue weighted by Crippen LogP contribution is 2.32. The Kier molecular flexibility index (Phi) is 6.17. The van der Waals surface area contributed by atoms with Gasteiger partial charge in [0.05, 0.1) is 18.0 Å². The van der Waals surface area contributed by atoms with Crippen molar-refractivity contribution < 1.29 is 22.8 Å². The molecular weight excluding hydrogens is 403 g/mol. The number of nitrogens with zero attached hydrogens (tertiary/aromatic N) is 2. The van der Waals surface area contributed by atoms with Crippen molar-refractivity contribution in [3.05, 3.63) is 63.9 Å². The zero-order valence-corrected chi connectivity index (χ0v) is 16.0. The summed E-state index contributed by atoms with van der Waals surface area (Å²) in [5.74, 6) is -1.96. The number of hydrogen-bond donors (Lipinski definition) is 1. The van der Waals surface area contributed by atoms with Crippen LogP contribution in [-0.2, 0) is 22.2 Å². The van der Waals surface area contributed by atoms with Crippen LogP contribution in [0.2, 0.25) is 0 Å². The average molecular weight is 421 g/mol. The second-order valence-corrected chi connectivity index (χ2v) is 7.48. The van der Waals surface area contributed by atoms with Gasteiger partial charge in [-0.25, -0.2) is 0 Å². The fourth-order valence-corrected chi connectivity index (χ4v) is 3.62. The van der Waals surface area contributed by atoms with Crippen LogP contribution in [0, 0.1) is 5.92 Å². The van der Waals surface area contributed by atoms with Crippen molar-refractivity contribution >= 4 is 35.1 Å². The number of nitrogens with two attached hydrogens (primary N) is 1. The highest BCUT2D eigenvalue weighted by Gasteiger charge is 2.32. The van der Waals surface area contributed by atoms with Crippen molar-refractivity contribution in [1.82, 2.24) is 0 Å². The zero-order valence-electron chi connectivity index (χ0n) is 15.2. The summed E-state index contributed by atoms with van der Waals surface area (Å²) in [5, 5.41) is 1.89. The van der Waals surface area contributed by atoms with Gasteiger partial charge in [0.2, 0.25) is 5.91 Å². The van der Waals surface area contributed by atoms with Crippen molar-refractivity contribution in [1.29, 1.82) is 0 Å². The lowest BCUT2D eigenvalue weighted by Gasteiger charge is -2.25. The van der Waals surface area contributed by atoms with Crippen LogP contribution < -0.4 is 10.6 Å². The molecule has 2 aromatic rings. The van der Waals surface area contributed by atoms with Gasteiger partial charge in [-0.1, -0.05) is 18.2 Å². The standard InChI is InChI=1S/C20H18F3N3O2S/c21-20(22,23)15-3-1-4-16(10-15)26(7-6-17-5-2-8-29-17)19(28)14-9-13(18(24)27)11-25-12-14/h1-5,8-11,13H,6-7,12H2,(H2,24,27). The van der Waals surface area contributed by atoms with Gasteiger partial charge in [0.25, 0.3) is 5.91 Å². The predicted molar refractivity (Wildman–Crippen MR) is 106 cm³/mol. The van der Waals surface area contributed by atoms with Gasteiger partial charge in [-0.05, 0) is 36.1 Å². The predicted octanol–water partition coefficient (Wildman–Crippen LogP) is 3.45. The molecular formula is C20H18F3N3O2S.